The molecule has 3 rings (SSSR count). The maximum atomic E-state index is 12.9. The third kappa shape index (κ3) is 4.86. The van der Waals surface area contributed by atoms with Crippen LogP contribution in [0.5, 0.6) is 5.75 Å². The largest absolute Gasteiger partial charge is 0.483 e. The van der Waals surface area contributed by atoms with Crippen molar-refractivity contribution in [3.8, 4) is 5.75 Å². The minimum Gasteiger partial charge on any atom is -0.483 e. The lowest BCUT2D eigenvalue weighted by Crippen LogP contribution is -2.28. The van der Waals surface area contributed by atoms with Gasteiger partial charge in [0.05, 0.1) is 10.6 Å². The molecule has 4 nitrogen and oxygen atoms in total. The van der Waals surface area contributed by atoms with Crippen LogP contribution in [0, 0.1) is 5.41 Å². The normalized spacial score (nSPS) is 11.3. The standard InChI is InChI=1S/C21H16ClF3N2O2/c22-18-7-5-13(9-17(18)21(23,24)25)11-27-20(28)12-29-19-8-6-14(10-26)15-3-1-2-4-16(15)19/h1-10,26H,11-12H2,(H,27,28). The Balaban J connectivity index is 1.64. The predicted molar refractivity (Wildman–Crippen MR) is 106 cm³/mol. The maximum Gasteiger partial charge on any atom is 0.417 e. The van der Waals surface area contributed by atoms with Gasteiger partial charge in [0, 0.05) is 23.7 Å². The molecule has 0 aliphatic rings. The van der Waals surface area contributed by atoms with Gasteiger partial charge in [-0.05, 0) is 35.2 Å². The van der Waals surface area contributed by atoms with E-state index in [0.29, 0.717) is 5.75 Å². The SMILES string of the molecule is N=Cc1ccc(OCC(=O)NCc2ccc(Cl)c(C(F)(F)F)c2)c2ccccc12. The number of rotatable bonds is 6. The number of fused-ring (bicyclic) bond motifs is 1. The molecule has 150 valence electrons. The van der Waals surface area contributed by atoms with Crippen LogP contribution in [-0.4, -0.2) is 18.7 Å². The number of carbonyl (C=O) groups is 1. The van der Waals surface area contributed by atoms with Crippen LogP contribution in [0.15, 0.2) is 54.6 Å². The van der Waals surface area contributed by atoms with Crippen molar-refractivity contribution < 1.29 is 22.7 Å². The zero-order chi connectivity index (χ0) is 21.0. The predicted octanol–water partition coefficient (Wildman–Crippen LogP) is 5.20. The highest BCUT2D eigenvalue weighted by Crippen LogP contribution is 2.35. The molecule has 0 aliphatic heterocycles. The monoisotopic (exact) mass is 420 g/mol. The molecule has 29 heavy (non-hydrogen) atoms. The van der Waals surface area contributed by atoms with Crippen LogP contribution in [0.4, 0.5) is 13.2 Å². The molecule has 0 saturated carbocycles. The lowest BCUT2D eigenvalue weighted by molar-refractivity contribution is -0.137. The molecule has 1 amide bonds. The van der Waals surface area contributed by atoms with E-state index in [9.17, 15) is 18.0 Å². The molecule has 0 unspecified atom stereocenters. The van der Waals surface area contributed by atoms with Crippen molar-refractivity contribution in [1.82, 2.24) is 5.32 Å². The van der Waals surface area contributed by atoms with Crippen LogP contribution in [0.25, 0.3) is 10.8 Å². The molecule has 0 aromatic heterocycles. The van der Waals surface area contributed by atoms with Crippen LogP contribution in [0.3, 0.4) is 0 Å². The van der Waals surface area contributed by atoms with Crippen molar-refractivity contribution in [2.24, 2.45) is 0 Å². The molecule has 0 fully saturated rings. The highest BCUT2D eigenvalue weighted by molar-refractivity contribution is 6.31. The van der Waals surface area contributed by atoms with Gasteiger partial charge in [-0.1, -0.05) is 41.9 Å². The Morgan fingerprint density at radius 1 is 1.10 bits per heavy atom. The summed E-state index contributed by atoms with van der Waals surface area (Å²) in [6, 6.07) is 14.2. The fraction of sp³-hybridized carbons (Fsp3) is 0.143. The molecule has 0 spiro atoms. The zero-order valence-electron chi connectivity index (χ0n) is 15.0. The molecule has 0 atom stereocenters. The van der Waals surface area contributed by atoms with Gasteiger partial charge in [0.1, 0.15) is 5.75 Å². The fourth-order valence-corrected chi connectivity index (χ4v) is 3.07. The first-order chi connectivity index (χ1) is 13.8. The van der Waals surface area contributed by atoms with Crippen LogP contribution < -0.4 is 10.1 Å². The van der Waals surface area contributed by atoms with Crippen molar-refractivity contribution in [3.63, 3.8) is 0 Å². The number of carbonyl (C=O) groups excluding carboxylic acids is 1. The molecule has 0 heterocycles. The van der Waals surface area contributed by atoms with Gasteiger partial charge < -0.3 is 15.5 Å². The maximum absolute atomic E-state index is 12.9. The third-order valence-corrected chi connectivity index (χ3v) is 4.59. The molecule has 2 N–H and O–H groups in total. The van der Waals surface area contributed by atoms with E-state index >= 15 is 0 Å². The second-order valence-corrected chi connectivity index (χ2v) is 6.63. The Bertz CT molecular complexity index is 1070. The van der Waals surface area contributed by atoms with E-state index in [1.807, 2.05) is 24.3 Å². The quantitative estimate of drug-likeness (QED) is 0.538. The van der Waals surface area contributed by atoms with E-state index in [1.165, 1.54) is 12.3 Å². The number of halogens is 4. The molecule has 0 bridgehead atoms. The van der Waals surface area contributed by atoms with Crippen molar-refractivity contribution in [2.75, 3.05) is 6.61 Å². The molecule has 0 aliphatic carbocycles. The van der Waals surface area contributed by atoms with E-state index in [2.05, 4.69) is 5.32 Å². The number of benzene rings is 3. The Morgan fingerprint density at radius 3 is 2.52 bits per heavy atom. The summed E-state index contributed by atoms with van der Waals surface area (Å²) in [6.07, 6.45) is -3.33. The van der Waals surface area contributed by atoms with Crippen LogP contribution in [0.2, 0.25) is 5.02 Å². The van der Waals surface area contributed by atoms with E-state index in [0.717, 1.165) is 28.5 Å². The lowest BCUT2D eigenvalue weighted by Gasteiger charge is -2.13. The van der Waals surface area contributed by atoms with Crippen molar-refractivity contribution in [3.05, 3.63) is 76.3 Å². The molecular weight excluding hydrogens is 405 g/mol. The number of hydrogen-bond donors (Lipinski definition) is 2. The first-order valence-corrected chi connectivity index (χ1v) is 8.94. The van der Waals surface area contributed by atoms with Crippen molar-refractivity contribution >= 4 is 34.5 Å². The summed E-state index contributed by atoms with van der Waals surface area (Å²) < 4.78 is 44.3. The van der Waals surface area contributed by atoms with Gasteiger partial charge in [-0.2, -0.15) is 13.2 Å². The summed E-state index contributed by atoms with van der Waals surface area (Å²) in [7, 11) is 0. The number of amides is 1. The second-order valence-electron chi connectivity index (χ2n) is 6.22. The molecule has 3 aromatic rings. The first kappa shape index (κ1) is 20.7. The second kappa shape index (κ2) is 8.53. The summed E-state index contributed by atoms with van der Waals surface area (Å²) in [5, 5.41) is 11.2. The van der Waals surface area contributed by atoms with Gasteiger partial charge in [0.25, 0.3) is 5.91 Å². The highest BCUT2D eigenvalue weighted by atomic mass is 35.5. The lowest BCUT2D eigenvalue weighted by atomic mass is 10.0. The molecular formula is C21H16ClF3N2O2. The number of ether oxygens (including phenoxy) is 1. The highest BCUT2D eigenvalue weighted by Gasteiger charge is 2.33. The average molecular weight is 421 g/mol. The summed E-state index contributed by atoms with van der Waals surface area (Å²) in [5.41, 5.74) is 0.0522. The number of alkyl halides is 3. The molecule has 8 heteroatoms. The molecule has 0 saturated heterocycles. The summed E-state index contributed by atoms with van der Waals surface area (Å²) in [4.78, 5) is 12.1. The van der Waals surface area contributed by atoms with E-state index < -0.39 is 22.7 Å². The summed E-state index contributed by atoms with van der Waals surface area (Å²) in [6.45, 7) is -0.385. The number of nitrogens with one attached hydrogen (secondary N) is 2. The fourth-order valence-electron chi connectivity index (χ4n) is 2.84. The Labute approximate surface area is 169 Å². The molecule has 3 aromatic carbocycles. The Morgan fingerprint density at radius 2 is 1.83 bits per heavy atom. The summed E-state index contributed by atoms with van der Waals surface area (Å²) >= 11 is 5.59. The zero-order valence-corrected chi connectivity index (χ0v) is 15.8. The van der Waals surface area contributed by atoms with Gasteiger partial charge in [-0.25, -0.2) is 0 Å². The Hall–Kier alpha value is -3.06. The van der Waals surface area contributed by atoms with E-state index in [4.69, 9.17) is 21.7 Å². The van der Waals surface area contributed by atoms with Gasteiger partial charge in [0.2, 0.25) is 0 Å². The molecule has 0 radical (unpaired) electrons. The van der Waals surface area contributed by atoms with Gasteiger partial charge >= 0.3 is 6.18 Å². The number of hydrogen-bond acceptors (Lipinski definition) is 3. The van der Waals surface area contributed by atoms with Crippen molar-refractivity contribution in [1.29, 1.82) is 5.41 Å². The van der Waals surface area contributed by atoms with E-state index in [-0.39, 0.29) is 18.7 Å². The summed E-state index contributed by atoms with van der Waals surface area (Å²) in [5.74, 6) is 0.000853. The van der Waals surface area contributed by atoms with Crippen LogP contribution in [0.1, 0.15) is 16.7 Å². The van der Waals surface area contributed by atoms with Gasteiger partial charge in [-0.15, -0.1) is 0 Å². The van der Waals surface area contributed by atoms with Crippen molar-refractivity contribution in [2.45, 2.75) is 12.7 Å². The first-order valence-electron chi connectivity index (χ1n) is 8.57. The topological polar surface area (TPSA) is 62.2 Å². The van der Waals surface area contributed by atoms with Gasteiger partial charge in [0.15, 0.2) is 6.61 Å². The average Bonchev–Trinajstić information content (AvgIpc) is 2.70. The Kier molecular flexibility index (Phi) is 6.08. The smallest absolute Gasteiger partial charge is 0.417 e. The van der Waals surface area contributed by atoms with Crippen LogP contribution in [-0.2, 0) is 17.5 Å². The minimum absolute atomic E-state index is 0.0874. The van der Waals surface area contributed by atoms with E-state index in [1.54, 1.807) is 12.1 Å². The van der Waals surface area contributed by atoms with Crippen LogP contribution >= 0.6 is 11.6 Å². The minimum atomic E-state index is -4.57. The van der Waals surface area contributed by atoms with Gasteiger partial charge in [-0.3, -0.25) is 4.79 Å². The third-order valence-electron chi connectivity index (χ3n) is 4.26.